The second kappa shape index (κ2) is 5.76. The predicted octanol–water partition coefficient (Wildman–Crippen LogP) is 2.83. The molecular formula is C12H11BrFN3O2S. The SMILES string of the molecule is CNc1ccncc1S(=O)(=O)Nc1ccc(F)cc1Br. The van der Waals surface area contributed by atoms with Crippen molar-refractivity contribution in [1.29, 1.82) is 0 Å². The van der Waals surface area contributed by atoms with Crippen LogP contribution in [0.4, 0.5) is 15.8 Å². The molecule has 5 nitrogen and oxygen atoms in total. The van der Waals surface area contributed by atoms with Crippen molar-refractivity contribution in [2.75, 3.05) is 17.1 Å². The number of halogens is 2. The second-order valence-electron chi connectivity index (χ2n) is 3.85. The first-order valence-electron chi connectivity index (χ1n) is 5.53. The molecule has 0 aliphatic carbocycles. The summed E-state index contributed by atoms with van der Waals surface area (Å²) in [6.07, 6.45) is 2.73. The first kappa shape index (κ1) is 14.7. The Labute approximate surface area is 124 Å². The van der Waals surface area contributed by atoms with Crippen molar-refractivity contribution in [1.82, 2.24) is 4.98 Å². The Balaban J connectivity index is 2.41. The second-order valence-corrected chi connectivity index (χ2v) is 6.36. The summed E-state index contributed by atoms with van der Waals surface area (Å²) in [5.74, 6) is -0.461. The van der Waals surface area contributed by atoms with E-state index in [0.717, 1.165) is 0 Å². The van der Waals surface area contributed by atoms with Gasteiger partial charge >= 0.3 is 0 Å². The molecule has 2 aromatic rings. The van der Waals surface area contributed by atoms with E-state index in [2.05, 4.69) is 31.0 Å². The highest BCUT2D eigenvalue weighted by atomic mass is 79.9. The van der Waals surface area contributed by atoms with Gasteiger partial charge in [0.15, 0.2) is 0 Å². The Kier molecular flexibility index (Phi) is 4.24. The van der Waals surface area contributed by atoms with Gasteiger partial charge in [0.1, 0.15) is 10.7 Å². The van der Waals surface area contributed by atoms with Crippen molar-refractivity contribution in [3.8, 4) is 0 Å². The fraction of sp³-hybridized carbons (Fsp3) is 0.0833. The maximum absolute atomic E-state index is 13.0. The molecule has 0 amide bonds. The molecule has 1 aromatic carbocycles. The maximum Gasteiger partial charge on any atom is 0.265 e. The van der Waals surface area contributed by atoms with E-state index >= 15 is 0 Å². The molecule has 0 aliphatic rings. The van der Waals surface area contributed by atoms with Gasteiger partial charge in [-0.05, 0) is 40.2 Å². The van der Waals surface area contributed by atoms with E-state index in [1.54, 1.807) is 13.1 Å². The number of hydrogen-bond donors (Lipinski definition) is 2. The van der Waals surface area contributed by atoms with Crippen LogP contribution in [-0.2, 0) is 10.0 Å². The first-order chi connectivity index (χ1) is 9.44. The summed E-state index contributed by atoms with van der Waals surface area (Å²) in [5, 5.41) is 2.78. The molecule has 106 valence electrons. The van der Waals surface area contributed by atoms with Crippen LogP contribution in [0.3, 0.4) is 0 Å². The molecule has 1 heterocycles. The van der Waals surface area contributed by atoms with Gasteiger partial charge in [-0.3, -0.25) is 9.71 Å². The lowest BCUT2D eigenvalue weighted by molar-refractivity contribution is 0.601. The van der Waals surface area contributed by atoms with Crippen LogP contribution in [0, 0.1) is 5.82 Å². The van der Waals surface area contributed by atoms with E-state index in [0.29, 0.717) is 10.2 Å². The van der Waals surface area contributed by atoms with E-state index in [-0.39, 0.29) is 10.6 Å². The summed E-state index contributed by atoms with van der Waals surface area (Å²) in [5.41, 5.74) is 0.669. The van der Waals surface area contributed by atoms with E-state index in [4.69, 9.17) is 0 Å². The van der Waals surface area contributed by atoms with Crippen LogP contribution < -0.4 is 10.0 Å². The summed E-state index contributed by atoms with van der Waals surface area (Å²) in [4.78, 5) is 3.82. The van der Waals surface area contributed by atoms with Gasteiger partial charge in [0.25, 0.3) is 10.0 Å². The predicted molar refractivity (Wildman–Crippen MR) is 78.7 cm³/mol. The van der Waals surface area contributed by atoms with Crippen molar-refractivity contribution in [2.24, 2.45) is 0 Å². The van der Waals surface area contributed by atoms with Gasteiger partial charge in [-0.2, -0.15) is 0 Å². The third-order valence-electron chi connectivity index (χ3n) is 2.52. The van der Waals surface area contributed by atoms with E-state index in [1.165, 1.54) is 30.6 Å². The molecule has 0 spiro atoms. The van der Waals surface area contributed by atoms with Crippen molar-refractivity contribution < 1.29 is 12.8 Å². The molecule has 1 aromatic heterocycles. The highest BCUT2D eigenvalue weighted by Crippen LogP contribution is 2.27. The number of rotatable bonds is 4. The molecule has 0 saturated heterocycles. The van der Waals surface area contributed by atoms with Crippen molar-refractivity contribution in [3.63, 3.8) is 0 Å². The van der Waals surface area contributed by atoms with E-state index in [9.17, 15) is 12.8 Å². The number of nitrogens with one attached hydrogen (secondary N) is 2. The lowest BCUT2D eigenvalue weighted by Crippen LogP contribution is -2.15. The zero-order chi connectivity index (χ0) is 14.8. The van der Waals surface area contributed by atoms with Crippen molar-refractivity contribution in [3.05, 3.63) is 46.9 Å². The van der Waals surface area contributed by atoms with Gasteiger partial charge in [-0.15, -0.1) is 0 Å². The molecule has 0 atom stereocenters. The van der Waals surface area contributed by atoms with E-state index in [1.807, 2.05) is 0 Å². The van der Waals surface area contributed by atoms with Gasteiger partial charge in [-0.1, -0.05) is 0 Å². The zero-order valence-electron chi connectivity index (χ0n) is 10.4. The van der Waals surface area contributed by atoms with Gasteiger partial charge in [0.2, 0.25) is 0 Å². The summed E-state index contributed by atoms with van der Waals surface area (Å²) in [6.45, 7) is 0. The lowest BCUT2D eigenvalue weighted by atomic mass is 10.3. The molecule has 0 bridgehead atoms. The Morgan fingerprint density at radius 3 is 2.65 bits per heavy atom. The number of nitrogens with zero attached hydrogens (tertiary/aromatic N) is 1. The third kappa shape index (κ3) is 3.07. The fourth-order valence-electron chi connectivity index (χ4n) is 1.57. The molecule has 8 heteroatoms. The lowest BCUT2D eigenvalue weighted by Gasteiger charge is -2.12. The Morgan fingerprint density at radius 2 is 2.00 bits per heavy atom. The van der Waals surface area contributed by atoms with Gasteiger partial charge in [0.05, 0.1) is 11.4 Å². The number of pyridine rings is 1. The normalized spacial score (nSPS) is 11.2. The standard InChI is InChI=1S/C12H11BrFN3O2S/c1-15-11-4-5-16-7-12(11)20(18,19)17-10-3-2-8(14)6-9(10)13/h2-7,17H,1H3,(H,15,16). The number of sulfonamides is 1. The van der Waals surface area contributed by atoms with E-state index < -0.39 is 15.8 Å². The highest BCUT2D eigenvalue weighted by molar-refractivity contribution is 9.10. The Hall–Kier alpha value is -1.67. The minimum Gasteiger partial charge on any atom is -0.387 e. The number of anilines is 2. The fourth-order valence-corrected chi connectivity index (χ4v) is 3.39. The molecule has 0 aliphatic heterocycles. The van der Waals surface area contributed by atoms with Crippen LogP contribution in [0.5, 0.6) is 0 Å². The van der Waals surface area contributed by atoms with Crippen molar-refractivity contribution >= 4 is 37.3 Å². The topological polar surface area (TPSA) is 71.1 Å². The monoisotopic (exact) mass is 359 g/mol. The quantitative estimate of drug-likeness (QED) is 0.880. The zero-order valence-corrected chi connectivity index (χ0v) is 12.8. The number of aromatic nitrogens is 1. The molecule has 20 heavy (non-hydrogen) atoms. The Morgan fingerprint density at radius 1 is 1.25 bits per heavy atom. The summed E-state index contributed by atoms with van der Waals surface area (Å²) in [7, 11) is -2.21. The maximum atomic E-state index is 13.0. The molecule has 2 rings (SSSR count). The largest absolute Gasteiger partial charge is 0.387 e. The summed E-state index contributed by atoms with van der Waals surface area (Å²) in [6, 6.07) is 5.24. The smallest absolute Gasteiger partial charge is 0.265 e. The summed E-state index contributed by atoms with van der Waals surface area (Å²) < 4.78 is 40.3. The van der Waals surface area contributed by atoms with Gasteiger partial charge in [0, 0.05) is 23.9 Å². The van der Waals surface area contributed by atoms with Gasteiger partial charge < -0.3 is 5.32 Å². The van der Waals surface area contributed by atoms with Crippen LogP contribution in [0.25, 0.3) is 0 Å². The van der Waals surface area contributed by atoms with Crippen molar-refractivity contribution in [2.45, 2.75) is 4.90 Å². The van der Waals surface area contributed by atoms with Crippen LogP contribution in [0.2, 0.25) is 0 Å². The van der Waals surface area contributed by atoms with Crippen LogP contribution >= 0.6 is 15.9 Å². The molecular weight excluding hydrogens is 349 g/mol. The van der Waals surface area contributed by atoms with Gasteiger partial charge in [-0.25, -0.2) is 12.8 Å². The molecule has 0 saturated carbocycles. The van der Waals surface area contributed by atoms with Crippen LogP contribution in [-0.4, -0.2) is 20.4 Å². The number of benzene rings is 1. The molecule has 0 unspecified atom stereocenters. The first-order valence-corrected chi connectivity index (χ1v) is 7.81. The Bertz CT molecular complexity index is 737. The summed E-state index contributed by atoms with van der Waals surface area (Å²) >= 11 is 3.11. The average molecular weight is 360 g/mol. The average Bonchev–Trinajstić information content (AvgIpc) is 2.42. The number of hydrogen-bond acceptors (Lipinski definition) is 4. The van der Waals surface area contributed by atoms with Crippen LogP contribution in [0.15, 0.2) is 46.0 Å². The molecule has 0 radical (unpaired) electrons. The third-order valence-corrected chi connectivity index (χ3v) is 4.57. The minimum atomic E-state index is -3.82. The molecule has 2 N–H and O–H groups in total. The van der Waals surface area contributed by atoms with Crippen LogP contribution in [0.1, 0.15) is 0 Å². The minimum absolute atomic E-state index is 0.0127. The highest BCUT2D eigenvalue weighted by Gasteiger charge is 2.19. The molecule has 0 fully saturated rings.